The number of methoxy groups -OCH3 is 1. The zero-order valence-electron chi connectivity index (χ0n) is 14.4. The van der Waals surface area contributed by atoms with E-state index in [1.165, 1.54) is 25.3 Å². The third-order valence-corrected chi connectivity index (χ3v) is 5.10. The number of carbonyl (C=O) groups excluding carboxylic acids is 3. The molecule has 0 spiro atoms. The zero-order valence-corrected chi connectivity index (χ0v) is 15.9. The van der Waals surface area contributed by atoms with Crippen molar-refractivity contribution < 1.29 is 24.0 Å². The molecule has 0 N–H and O–H groups in total. The van der Waals surface area contributed by atoms with Gasteiger partial charge in [0.2, 0.25) is 17.8 Å². The van der Waals surface area contributed by atoms with E-state index in [4.69, 9.17) is 32.8 Å². The summed E-state index contributed by atoms with van der Waals surface area (Å²) in [6.45, 7) is 0. The molecule has 2 aromatic carbocycles. The van der Waals surface area contributed by atoms with Crippen LogP contribution in [-0.4, -0.2) is 36.5 Å². The Hall–Kier alpha value is -2.90. The zero-order chi connectivity index (χ0) is 20.0. The topological polar surface area (TPSA) is 85.3 Å². The summed E-state index contributed by atoms with van der Waals surface area (Å²) < 4.78 is 5.06. The highest BCUT2D eigenvalue weighted by Gasteiger charge is 2.57. The normalized spacial score (nSPS) is 20.7. The molecule has 1 fully saturated rings. The first kappa shape index (κ1) is 18.5. The van der Waals surface area contributed by atoms with Crippen LogP contribution in [0.1, 0.15) is 10.4 Å². The van der Waals surface area contributed by atoms with Crippen LogP contribution in [0.2, 0.25) is 10.0 Å². The lowest BCUT2D eigenvalue weighted by atomic mass is 9.93. The Morgan fingerprint density at radius 1 is 1.11 bits per heavy atom. The van der Waals surface area contributed by atoms with Crippen LogP contribution in [0.3, 0.4) is 0 Å². The van der Waals surface area contributed by atoms with Crippen molar-refractivity contribution in [3.63, 3.8) is 0 Å². The van der Waals surface area contributed by atoms with Gasteiger partial charge in [0.1, 0.15) is 17.4 Å². The molecule has 0 aliphatic carbocycles. The van der Waals surface area contributed by atoms with Crippen molar-refractivity contribution in [1.29, 1.82) is 0 Å². The van der Waals surface area contributed by atoms with Crippen molar-refractivity contribution >= 4 is 52.2 Å². The average Bonchev–Trinajstić information content (AvgIpc) is 3.24. The van der Waals surface area contributed by atoms with Crippen LogP contribution in [0.15, 0.2) is 47.6 Å². The third kappa shape index (κ3) is 2.83. The van der Waals surface area contributed by atoms with E-state index in [1.807, 2.05) is 0 Å². The Bertz CT molecular complexity index is 1040. The number of ketones is 1. The van der Waals surface area contributed by atoms with E-state index in [-0.39, 0.29) is 16.4 Å². The number of oxime groups is 1. The number of amides is 2. The fraction of sp³-hybridized carbons (Fsp3) is 0.158. The number of ether oxygens (including phenoxy) is 1. The van der Waals surface area contributed by atoms with Gasteiger partial charge in [0, 0.05) is 10.6 Å². The molecule has 0 aromatic heterocycles. The second-order valence-electron chi connectivity index (χ2n) is 6.15. The van der Waals surface area contributed by atoms with Crippen molar-refractivity contribution in [3.05, 3.63) is 58.1 Å². The van der Waals surface area contributed by atoms with E-state index in [2.05, 4.69) is 5.16 Å². The fourth-order valence-electron chi connectivity index (χ4n) is 3.15. The summed E-state index contributed by atoms with van der Waals surface area (Å²) in [6, 6.07) is 10.7. The molecule has 0 saturated carbocycles. The van der Waals surface area contributed by atoms with Crippen LogP contribution >= 0.6 is 23.2 Å². The predicted molar refractivity (Wildman–Crippen MR) is 102 cm³/mol. The molecule has 0 unspecified atom stereocenters. The summed E-state index contributed by atoms with van der Waals surface area (Å²) in [5.74, 6) is -2.36. The summed E-state index contributed by atoms with van der Waals surface area (Å²) in [7, 11) is 1.51. The molecule has 0 radical (unpaired) electrons. The quantitative estimate of drug-likeness (QED) is 0.562. The van der Waals surface area contributed by atoms with E-state index in [0.29, 0.717) is 16.3 Å². The van der Waals surface area contributed by atoms with E-state index >= 15 is 0 Å². The van der Waals surface area contributed by atoms with Gasteiger partial charge in [-0.3, -0.25) is 14.4 Å². The molecule has 142 valence electrons. The second-order valence-corrected chi connectivity index (χ2v) is 6.99. The van der Waals surface area contributed by atoms with Crippen molar-refractivity contribution in [2.24, 2.45) is 11.1 Å². The number of benzene rings is 2. The van der Waals surface area contributed by atoms with Crippen molar-refractivity contribution in [2.75, 3.05) is 12.0 Å². The molecule has 7 nitrogen and oxygen atoms in total. The maximum absolute atomic E-state index is 13.0. The van der Waals surface area contributed by atoms with E-state index < -0.39 is 29.6 Å². The number of anilines is 1. The standard InChI is InChI=1S/C19H12Cl2N2O5/c1-27-11-5-2-9(3-6-11)16(24)15-14-17(28-22-15)19(26)23(18(14)25)13-8-10(20)4-7-12(13)21/h2-8,14,17H,1H3/t14-,17+/m0/s1. The van der Waals surface area contributed by atoms with Crippen LogP contribution in [0.4, 0.5) is 5.69 Å². The lowest BCUT2D eigenvalue weighted by molar-refractivity contribution is -0.126. The Labute approximate surface area is 169 Å². The van der Waals surface area contributed by atoms with Gasteiger partial charge in [0.25, 0.3) is 5.91 Å². The predicted octanol–water partition coefficient (Wildman–Crippen LogP) is 3.13. The monoisotopic (exact) mass is 418 g/mol. The lowest BCUT2D eigenvalue weighted by Crippen LogP contribution is -2.34. The molecule has 1 saturated heterocycles. The summed E-state index contributed by atoms with van der Waals surface area (Å²) >= 11 is 12.1. The van der Waals surface area contributed by atoms with Crippen LogP contribution in [-0.2, 0) is 14.4 Å². The maximum atomic E-state index is 13.0. The number of hydrogen-bond donors (Lipinski definition) is 0. The van der Waals surface area contributed by atoms with Gasteiger partial charge in [0.05, 0.1) is 17.8 Å². The number of Topliss-reactive ketones (excluding diaryl/α,β-unsaturated/α-hetero) is 1. The lowest BCUT2D eigenvalue weighted by Gasteiger charge is -2.17. The molecule has 2 amide bonds. The van der Waals surface area contributed by atoms with Crippen LogP contribution < -0.4 is 9.64 Å². The minimum atomic E-state index is -1.21. The molecule has 2 atom stereocenters. The highest BCUT2D eigenvalue weighted by atomic mass is 35.5. The minimum Gasteiger partial charge on any atom is -0.497 e. The van der Waals surface area contributed by atoms with E-state index in [9.17, 15) is 14.4 Å². The largest absolute Gasteiger partial charge is 0.497 e. The number of imide groups is 1. The van der Waals surface area contributed by atoms with Crippen LogP contribution in [0.5, 0.6) is 5.75 Å². The molecule has 4 rings (SSSR count). The molecular formula is C19H12Cl2N2O5. The van der Waals surface area contributed by atoms with Gasteiger partial charge in [-0.25, -0.2) is 4.90 Å². The fourth-order valence-corrected chi connectivity index (χ4v) is 3.52. The SMILES string of the molecule is COc1ccc(C(=O)C2=NO[C@H]3C(=O)N(c4cc(Cl)ccc4Cl)C(=O)[C@@H]23)cc1. The van der Waals surface area contributed by atoms with Gasteiger partial charge in [-0.1, -0.05) is 28.4 Å². The van der Waals surface area contributed by atoms with Gasteiger partial charge in [-0.05, 0) is 42.5 Å². The summed E-state index contributed by atoms with van der Waals surface area (Å²) in [4.78, 5) is 44.6. The van der Waals surface area contributed by atoms with Gasteiger partial charge >= 0.3 is 0 Å². The number of hydrogen-bond acceptors (Lipinski definition) is 6. The Morgan fingerprint density at radius 3 is 2.50 bits per heavy atom. The summed E-state index contributed by atoms with van der Waals surface area (Å²) in [6.07, 6.45) is -1.21. The minimum absolute atomic E-state index is 0.130. The third-order valence-electron chi connectivity index (χ3n) is 4.55. The van der Waals surface area contributed by atoms with Crippen LogP contribution in [0, 0.1) is 5.92 Å². The Kier molecular flexibility index (Phi) is 4.56. The first-order valence-electron chi connectivity index (χ1n) is 8.17. The van der Waals surface area contributed by atoms with Crippen molar-refractivity contribution in [2.45, 2.75) is 6.10 Å². The number of fused-ring (bicyclic) bond motifs is 1. The smallest absolute Gasteiger partial charge is 0.279 e. The molecular weight excluding hydrogens is 407 g/mol. The molecule has 9 heteroatoms. The van der Waals surface area contributed by atoms with E-state index in [1.54, 1.807) is 24.3 Å². The first-order valence-corrected chi connectivity index (χ1v) is 8.93. The average molecular weight is 419 g/mol. The molecule has 28 heavy (non-hydrogen) atoms. The number of carbonyl (C=O) groups is 3. The first-order chi connectivity index (χ1) is 13.4. The highest BCUT2D eigenvalue weighted by Crippen LogP contribution is 2.38. The van der Waals surface area contributed by atoms with E-state index in [0.717, 1.165) is 4.90 Å². The number of nitrogens with zero attached hydrogens (tertiary/aromatic N) is 2. The van der Waals surface area contributed by atoms with Crippen molar-refractivity contribution in [1.82, 2.24) is 0 Å². The van der Waals surface area contributed by atoms with Gasteiger partial charge < -0.3 is 9.57 Å². The van der Waals surface area contributed by atoms with Crippen LogP contribution in [0.25, 0.3) is 0 Å². The summed E-state index contributed by atoms with van der Waals surface area (Å²) in [5, 5.41) is 4.20. The van der Waals surface area contributed by atoms with Gasteiger partial charge in [-0.2, -0.15) is 0 Å². The molecule has 2 heterocycles. The Morgan fingerprint density at radius 2 is 1.82 bits per heavy atom. The molecule has 2 aliphatic heterocycles. The number of rotatable bonds is 4. The maximum Gasteiger partial charge on any atom is 0.279 e. The Balaban J connectivity index is 1.66. The van der Waals surface area contributed by atoms with Gasteiger partial charge in [0.15, 0.2) is 0 Å². The number of halogens is 2. The molecule has 2 aliphatic rings. The van der Waals surface area contributed by atoms with Crippen molar-refractivity contribution in [3.8, 4) is 5.75 Å². The second kappa shape index (κ2) is 6.92. The summed E-state index contributed by atoms with van der Waals surface area (Å²) in [5.41, 5.74) is 0.302. The molecule has 2 aromatic rings. The van der Waals surface area contributed by atoms with Gasteiger partial charge in [-0.15, -0.1) is 0 Å². The molecule has 0 bridgehead atoms. The highest BCUT2D eigenvalue weighted by molar-refractivity contribution is 6.53.